The minimum absolute atomic E-state index is 0.00653. The lowest BCUT2D eigenvalue weighted by molar-refractivity contribution is -0.116. The normalized spacial score (nSPS) is 10.8. The number of carbonyl (C=O) groups is 1. The number of nitrogens with one attached hydrogen (secondary N) is 2. The van der Waals surface area contributed by atoms with Gasteiger partial charge in [-0.05, 0) is 24.3 Å². The van der Waals surface area contributed by atoms with Gasteiger partial charge in [-0.2, -0.15) is 0 Å². The lowest BCUT2D eigenvalue weighted by Gasteiger charge is -2.06. The first-order valence-corrected chi connectivity index (χ1v) is 7.26. The van der Waals surface area contributed by atoms with Crippen LogP contribution < -0.4 is 10.9 Å². The Balaban J connectivity index is 1.68. The molecule has 3 rings (SSSR count). The molecule has 0 bridgehead atoms. The van der Waals surface area contributed by atoms with Gasteiger partial charge in [-0.3, -0.25) is 9.59 Å². The smallest absolute Gasteiger partial charge is 0.270 e. The number of nitrogens with zero attached hydrogens (tertiary/aromatic N) is 1. The van der Waals surface area contributed by atoms with Gasteiger partial charge in [0.25, 0.3) is 5.56 Å². The van der Waals surface area contributed by atoms with E-state index in [2.05, 4.69) is 15.3 Å². The molecule has 24 heavy (non-hydrogen) atoms. The summed E-state index contributed by atoms with van der Waals surface area (Å²) in [5.74, 6) is -2.45. The summed E-state index contributed by atoms with van der Waals surface area (Å²) in [4.78, 5) is 30.8. The summed E-state index contributed by atoms with van der Waals surface area (Å²) in [5.41, 5.74) is 1.30. The molecule has 0 radical (unpaired) electrons. The Labute approximate surface area is 135 Å². The zero-order valence-electron chi connectivity index (χ0n) is 12.5. The van der Waals surface area contributed by atoms with Crippen LogP contribution in [0, 0.1) is 11.6 Å². The van der Waals surface area contributed by atoms with Crippen LogP contribution in [0.5, 0.6) is 0 Å². The van der Waals surface area contributed by atoms with E-state index in [0.29, 0.717) is 11.0 Å². The summed E-state index contributed by atoms with van der Waals surface area (Å²) in [6.07, 6.45) is 0.128. The number of anilines is 1. The summed E-state index contributed by atoms with van der Waals surface area (Å²) in [7, 11) is 0. The molecular weight excluding hydrogens is 316 g/mol. The second-order valence-electron chi connectivity index (χ2n) is 5.21. The Morgan fingerprint density at radius 2 is 1.92 bits per heavy atom. The third-order valence-electron chi connectivity index (χ3n) is 3.46. The highest BCUT2D eigenvalue weighted by molar-refractivity contribution is 5.90. The van der Waals surface area contributed by atoms with E-state index in [0.717, 1.165) is 12.1 Å². The molecule has 0 aliphatic rings. The average Bonchev–Trinajstić information content (AvgIpc) is 2.56. The standard InChI is InChI=1S/C17H13F2N3O2/c18-11-6-5-10(9-12(11)19)20-16(23)8-7-15-17(24)22-14-4-2-1-3-13(14)21-15/h1-6,9H,7-8H2,(H,20,23)(H,22,24). The molecule has 122 valence electrons. The van der Waals surface area contributed by atoms with E-state index in [1.165, 1.54) is 6.07 Å². The SMILES string of the molecule is O=C(CCc1nc2ccccc2[nH]c1=O)Nc1ccc(F)c(F)c1. The monoisotopic (exact) mass is 329 g/mol. The summed E-state index contributed by atoms with van der Waals surface area (Å²) in [6.45, 7) is 0. The molecule has 0 aliphatic carbocycles. The first-order valence-electron chi connectivity index (χ1n) is 7.26. The van der Waals surface area contributed by atoms with E-state index in [1.54, 1.807) is 24.3 Å². The maximum Gasteiger partial charge on any atom is 0.270 e. The number of H-pyrrole nitrogens is 1. The fourth-order valence-corrected chi connectivity index (χ4v) is 2.27. The van der Waals surface area contributed by atoms with Gasteiger partial charge < -0.3 is 10.3 Å². The molecule has 2 N–H and O–H groups in total. The molecule has 0 saturated heterocycles. The van der Waals surface area contributed by atoms with Crippen molar-refractivity contribution in [3.05, 3.63) is 70.1 Å². The third-order valence-corrected chi connectivity index (χ3v) is 3.46. The van der Waals surface area contributed by atoms with Crippen molar-refractivity contribution in [3.63, 3.8) is 0 Å². The number of halogens is 2. The molecular formula is C17H13F2N3O2. The van der Waals surface area contributed by atoms with Gasteiger partial charge in [0.1, 0.15) is 5.69 Å². The van der Waals surface area contributed by atoms with Crippen LogP contribution in [0.4, 0.5) is 14.5 Å². The lowest BCUT2D eigenvalue weighted by atomic mass is 10.2. The number of para-hydroxylation sites is 2. The van der Waals surface area contributed by atoms with E-state index in [-0.39, 0.29) is 29.8 Å². The second kappa shape index (κ2) is 6.57. The highest BCUT2D eigenvalue weighted by atomic mass is 19.2. The highest BCUT2D eigenvalue weighted by Crippen LogP contribution is 2.13. The van der Waals surface area contributed by atoms with Crippen LogP contribution in [-0.2, 0) is 11.2 Å². The molecule has 1 amide bonds. The number of amides is 1. The van der Waals surface area contributed by atoms with Gasteiger partial charge >= 0.3 is 0 Å². The number of carbonyl (C=O) groups excluding carboxylic acids is 1. The van der Waals surface area contributed by atoms with Gasteiger partial charge in [-0.1, -0.05) is 12.1 Å². The topological polar surface area (TPSA) is 74.8 Å². The maximum atomic E-state index is 13.1. The van der Waals surface area contributed by atoms with Crippen molar-refractivity contribution in [2.24, 2.45) is 0 Å². The molecule has 0 fully saturated rings. The number of benzene rings is 2. The van der Waals surface area contributed by atoms with Gasteiger partial charge in [0.2, 0.25) is 5.91 Å². The third kappa shape index (κ3) is 3.45. The van der Waals surface area contributed by atoms with Crippen molar-refractivity contribution in [3.8, 4) is 0 Å². The largest absolute Gasteiger partial charge is 0.326 e. The number of hydrogen-bond donors (Lipinski definition) is 2. The molecule has 0 unspecified atom stereocenters. The van der Waals surface area contributed by atoms with E-state index in [4.69, 9.17) is 0 Å². The molecule has 0 atom stereocenters. The molecule has 0 aliphatic heterocycles. The molecule has 3 aromatic rings. The van der Waals surface area contributed by atoms with Gasteiger partial charge in [-0.25, -0.2) is 13.8 Å². The Morgan fingerprint density at radius 3 is 2.71 bits per heavy atom. The van der Waals surface area contributed by atoms with Crippen molar-refractivity contribution in [2.75, 3.05) is 5.32 Å². The fourth-order valence-electron chi connectivity index (χ4n) is 2.27. The molecule has 0 spiro atoms. The number of aryl methyl sites for hydroxylation is 1. The number of aromatic nitrogens is 2. The van der Waals surface area contributed by atoms with Gasteiger partial charge in [-0.15, -0.1) is 0 Å². The van der Waals surface area contributed by atoms with Crippen molar-refractivity contribution < 1.29 is 13.6 Å². The molecule has 7 heteroatoms. The molecule has 2 aromatic carbocycles. The van der Waals surface area contributed by atoms with Crippen molar-refractivity contribution in [2.45, 2.75) is 12.8 Å². The number of hydrogen-bond acceptors (Lipinski definition) is 3. The quantitative estimate of drug-likeness (QED) is 0.773. The summed E-state index contributed by atoms with van der Waals surface area (Å²) < 4.78 is 25.9. The number of fused-ring (bicyclic) bond motifs is 1. The van der Waals surface area contributed by atoms with Crippen LogP contribution in [0.3, 0.4) is 0 Å². The average molecular weight is 329 g/mol. The van der Waals surface area contributed by atoms with Gasteiger partial charge in [0.05, 0.1) is 11.0 Å². The fraction of sp³-hybridized carbons (Fsp3) is 0.118. The van der Waals surface area contributed by atoms with Crippen LogP contribution in [0.2, 0.25) is 0 Å². The molecule has 5 nitrogen and oxygen atoms in total. The van der Waals surface area contributed by atoms with E-state index in [1.807, 2.05) is 0 Å². The summed E-state index contributed by atoms with van der Waals surface area (Å²) in [6, 6.07) is 10.2. The zero-order valence-corrected chi connectivity index (χ0v) is 12.5. The Bertz CT molecular complexity index is 969. The second-order valence-corrected chi connectivity index (χ2v) is 5.21. The predicted octanol–water partition coefficient (Wildman–Crippen LogP) is 2.77. The van der Waals surface area contributed by atoms with Crippen LogP contribution in [0.1, 0.15) is 12.1 Å². The predicted molar refractivity (Wildman–Crippen MR) is 85.7 cm³/mol. The van der Waals surface area contributed by atoms with Gasteiger partial charge in [0, 0.05) is 24.6 Å². The number of rotatable bonds is 4. The first-order chi connectivity index (χ1) is 11.5. The molecule has 0 saturated carbocycles. The Kier molecular flexibility index (Phi) is 4.33. The zero-order chi connectivity index (χ0) is 17.1. The van der Waals surface area contributed by atoms with E-state index in [9.17, 15) is 18.4 Å². The summed E-state index contributed by atoms with van der Waals surface area (Å²) in [5, 5.41) is 2.45. The molecule has 1 heterocycles. The van der Waals surface area contributed by atoms with E-state index < -0.39 is 17.5 Å². The summed E-state index contributed by atoms with van der Waals surface area (Å²) >= 11 is 0. The van der Waals surface area contributed by atoms with Crippen molar-refractivity contribution >= 4 is 22.6 Å². The van der Waals surface area contributed by atoms with Crippen molar-refractivity contribution in [1.29, 1.82) is 0 Å². The highest BCUT2D eigenvalue weighted by Gasteiger charge is 2.10. The minimum atomic E-state index is -1.04. The maximum absolute atomic E-state index is 13.1. The van der Waals surface area contributed by atoms with Gasteiger partial charge in [0.15, 0.2) is 11.6 Å². The molecule has 1 aromatic heterocycles. The van der Waals surface area contributed by atoms with Crippen LogP contribution in [0.15, 0.2) is 47.3 Å². The van der Waals surface area contributed by atoms with Crippen LogP contribution in [0.25, 0.3) is 11.0 Å². The first kappa shape index (κ1) is 15.8. The van der Waals surface area contributed by atoms with Crippen LogP contribution >= 0.6 is 0 Å². The van der Waals surface area contributed by atoms with Crippen LogP contribution in [-0.4, -0.2) is 15.9 Å². The lowest BCUT2D eigenvalue weighted by Crippen LogP contribution is -2.19. The minimum Gasteiger partial charge on any atom is -0.326 e. The Morgan fingerprint density at radius 1 is 1.12 bits per heavy atom. The van der Waals surface area contributed by atoms with Crippen molar-refractivity contribution in [1.82, 2.24) is 9.97 Å². The Hall–Kier alpha value is -3.09. The number of aromatic amines is 1. The van der Waals surface area contributed by atoms with E-state index >= 15 is 0 Å².